The lowest BCUT2D eigenvalue weighted by Gasteiger charge is -2.14. The van der Waals surface area contributed by atoms with E-state index in [1.165, 1.54) is 17.7 Å². The molecule has 23 heavy (non-hydrogen) atoms. The molecule has 6 heteroatoms. The molecule has 1 aromatic carbocycles. The van der Waals surface area contributed by atoms with Crippen molar-refractivity contribution in [1.29, 1.82) is 0 Å². The number of rotatable bonds is 3. The highest BCUT2D eigenvalue weighted by atomic mass is 32.2. The van der Waals surface area contributed by atoms with E-state index in [1.54, 1.807) is 12.3 Å². The van der Waals surface area contributed by atoms with E-state index >= 15 is 0 Å². The van der Waals surface area contributed by atoms with Gasteiger partial charge in [-0.1, -0.05) is 12.1 Å². The van der Waals surface area contributed by atoms with E-state index in [-0.39, 0.29) is 5.56 Å². The zero-order chi connectivity index (χ0) is 16.4. The van der Waals surface area contributed by atoms with E-state index in [1.807, 2.05) is 17.8 Å². The summed E-state index contributed by atoms with van der Waals surface area (Å²) in [5, 5.41) is 8.91. The first-order chi connectivity index (χ1) is 11.1. The molecule has 1 aliphatic heterocycles. The largest absolute Gasteiger partial charge is 0.478 e. The number of hydrogen-bond acceptors (Lipinski definition) is 4. The van der Waals surface area contributed by atoms with Gasteiger partial charge in [0, 0.05) is 17.5 Å². The van der Waals surface area contributed by atoms with Gasteiger partial charge in [0.25, 0.3) is 0 Å². The van der Waals surface area contributed by atoms with E-state index in [2.05, 4.69) is 11.1 Å². The molecule has 118 valence electrons. The number of pyridine rings is 1. The monoisotopic (exact) mass is 330 g/mol. The van der Waals surface area contributed by atoms with Crippen LogP contribution in [-0.4, -0.2) is 27.6 Å². The van der Waals surface area contributed by atoms with Gasteiger partial charge in [-0.05, 0) is 47.1 Å². The Bertz CT molecular complexity index is 805. The van der Waals surface area contributed by atoms with Gasteiger partial charge in [0.1, 0.15) is 11.6 Å². The third kappa shape index (κ3) is 3.22. The lowest BCUT2D eigenvalue weighted by atomic mass is 9.98. The van der Waals surface area contributed by atoms with Crippen LogP contribution in [-0.2, 0) is 0 Å². The zero-order valence-corrected chi connectivity index (χ0v) is 13.1. The minimum Gasteiger partial charge on any atom is -0.478 e. The molecule has 0 fully saturated rings. The summed E-state index contributed by atoms with van der Waals surface area (Å²) in [5.74, 6) is 0.249. The molecule has 4 nitrogen and oxygen atoms in total. The molecular weight excluding hydrogens is 315 g/mol. The van der Waals surface area contributed by atoms with Crippen molar-refractivity contribution in [2.45, 2.75) is 6.42 Å². The third-order valence-electron chi connectivity index (χ3n) is 3.76. The van der Waals surface area contributed by atoms with Gasteiger partial charge in [0.15, 0.2) is 0 Å². The number of aromatic carboxylic acids is 1. The lowest BCUT2D eigenvalue weighted by molar-refractivity contribution is 0.0692. The van der Waals surface area contributed by atoms with E-state index in [4.69, 9.17) is 10.8 Å². The van der Waals surface area contributed by atoms with Gasteiger partial charge < -0.3 is 10.8 Å². The van der Waals surface area contributed by atoms with Crippen molar-refractivity contribution in [3.05, 3.63) is 53.5 Å². The fourth-order valence-electron chi connectivity index (χ4n) is 2.53. The van der Waals surface area contributed by atoms with Gasteiger partial charge in [-0.25, -0.2) is 14.2 Å². The van der Waals surface area contributed by atoms with Crippen LogP contribution in [0, 0.1) is 5.82 Å². The van der Waals surface area contributed by atoms with Crippen molar-refractivity contribution in [3.8, 4) is 11.1 Å². The van der Waals surface area contributed by atoms with Crippen LogP contribution >= 0.6 is 11.8 Å². The van der Waals surface area contributed by atoms with Crippen LogP contribution < -0.4 is 5.73 Å². The fraction of sp³-hybridized carbons (Fsp3) is 0.176. The maximum absolute atomic E-state index is 13.9. The molecule has 0 atom stereocenters. The summed E-state index contributed by atoms with van der Waals surface area (Å²) < 4.78 is 13.9. The number of aromatic nitrogens is 1. The normalized spacial score (nSPS) is 14.4. The number of hydrogen-bond donors (Lipinski definition) is 2. The highest BCUT2D eigenvalue weighted by molar-refractivity contribution is 7.99. The average Bonchev–Trinajstić information content (AvgIpc) is 2.55. The number of benzene rings is 1. The molecule has 1 aliphatic rings. The Kier molecular flexibility index (Phi) is 4.34. The molecule has 3 rings (SSSR count). The number of carboxylic acid groups (broad SMARTS) is 1. The van der Waals surface area contributed by atoms with Gasteiger partial charge >= 0.3 is 5.97 Å². The molecular formula is C17H15FN2O2S. The predicted molar refractivity (Wildman–Crippen MR) is 90.9 cm³/mol. The Balaban J connectivity index is 2.04. The first-order valence-corrected chi connectivity index (χ1v) is 8.27. The quantitative estimate of drug-likeness (QED) is 0.897. The number of thioether (sulfide) groups is 1. The summed E-state index contributed by atoms with van der Waals surface area (Å²) in [6.45, 7) is 0. The van der Waals surface area contributed by atoms with Crippen LogP contribution in [0.25, 0.3) is 16.7 Å². The maximum atomic E-state index is 13.9. The average molecular weight is 330 g/mol. The van der Waals surface area contributed by atoms with Crippen molar-refractivity contribution in [1.82, 2.24) is 4.98 Å². The SMILES string of the molecule is Nc1ncc(C2=CCSCC2)cc1-c1ccc(C(=O)O)c(F)c1. The van der Waals surface area contributed by atoms with Gasteiger partial charge in [-0.15, -0.1) is 0 Å². The Hall–Kier alpha value is -2.34. The summed E-state index contributed by atoms with van der Waals surface area (Å²) in [6.07, 6.45) is 4.85. The van der Waals surface area contributed by atoms with Crippen LogP contribution in [0.3, 0.4) is 0 Å². The number of nitrogens with two attached hydrogens (primary N) is 1. The summed E-state index contributed by atoms with van der Waals surface area (Å²) in [5.41, 5.74) is 8.87. The van der Waals surface area contributed by atoms with Crippen LogP contribution in [0.15, 0.2) is 36.5 Å². The van der Waals surface area contributed by atoms with Crippen LogP contribution in [0.1, 0.15) is 22.3 Å². The van der Waals surface area contributed by atoms with Crippen molar-refractivity contribution >= 4 is 29.1 Å². The number of carbonyl (C=O) groups is 1. The fourth-order valence-corrected chi connectivity index (χ4v) is 3.38. The molecule has 0 unspecified atom stereocenters. The summed E-state index contributed by atoms with van der Waals surface area (Å²) in [6, 6.07) is 5.87. The topological polar surface area (TPSA) is 76.2 Å². The van der Waals surface area contributed by atoms with E-state index in [9.17, 15) is 9.18 Å². The molecule has 0 spiro atoms. The minimum atomic E-state index is -1.29. The number of nitrogens with zero attached hydrogens (tertiary/aromatic N) is 1. The molecule has 0 amide bonds. The molecule has 0 bridgehead atoms. The van der Waals surface area contributed by atoms with Crippen molar-refractivity contribution < 1.29 is 14.3 Å². The molecule has 0 saturated heterocycles. The Morgan fingerprint density at radius 3 is 2.78 bits per heavy atom. The second-order valence-electron chi connectivity index (χ2n) is 5.21. The molecule has 1 aromatic heterocycles. The smallest absolute Gasteiger partial charge is 0.338 e. The van der Waals surface area contributed by atoms with E-state index in [0.29, 0.717) is 16.9 Å². The van der Waals surface area contributed by atoms with E-state index < -0.39 is 11.8 Å². The second-order valence-corrected chi connectivity index (χ2v) is 6.36. The molecule has 2 aromatic rings. The van der Waals surface area contributed by atoms with Gasteiger partial charge in [-0.2, -0.15) is 11.8 Å². The predicted octanol–water partition coefficient (Wildman–Crippen LogP) is 3.69. The summed E-state index contributed by atoms with van der Waals surface area (Å²) in [7, 11) is 0. The molecule has 0 saturated carbocycles. The number of halogens is 1. The van der Waals surface area contributed by atoms with Crippen LogP contribution in [0.2, 0.25) is 0 Å². The van der Waals surface area contributed by atoms with Gasteiger partial charge in [0.05, 0.1) is 5.56 Å². The Morgan fingerprint density at radius 2 is 2.13 bits per heavy atom. The lowest BCUT2D eigenvalue weighted by Crippen LogP contribution is -2.02. The molecule has 0 radical (unpaired) electrons. The molecule has 0 aliphatic carbocycles. The second kappa shape index (κ2) is 6.42. The number of anilines is 1. The minimum absolute atomic E-state index is 0.294. The van der Waals surface area contributed by atoms with Crippen LogP contribution in [0.4, 0.5) is 10.2 Å². The van der Waals surface area contributed by atoms with Crippen LogP contribution in [0.5, 0.6) is 0 Å². The molecule has 3 N–H and O–H groups in total. The maximum Gasteiger partial charge on any atom is 0.338 e. The number of carboxylic acids is 1. The highest BCUT2D eigenvalue weighted by Crippen LogP contribution is 2.31. The molecule has 2 heterocycles. The first-order valence-electron chi connectivity index (χ1n) is 7.12. The Morgan fingerprint density at radius 1 is 1.30 bits per heavy atom. The zero-order valence-electron chi connectivity index (χ0n) is 12.3. The summed E-state index contributed by atoms with van der Waals surface area (Å²) >= 11 is 1.88. The number of nitrogen functional groups attached to an aromatic ring is 1. The van der Waals surface area contributed by atoms with Gasteiger partial charge in [-0.3, -0.25) is 0 Å². The third-order valence-corrected chi connectivity index (χ3v) is 4.66. The number of allylic oxidation sites excluding steroid dienone is 1. The van der Waals surface area contributed by atoms with E-state index in [0.717, 1.165) is 23.5 Å². The first kappa shape index (κ1) is 15.6. The van der Waals surface area contributed by atoms with Gasteiger partial charge in [0.2, 0.25) is 0 Å². The highest BCUT2D eigenvalue weighted by Gasteiger charge is 2.14. The van der Waals surface area contributed by atoms with Crippen molar-refractivity contribution in [3.63, 3.8) is 0 Å². The Labute approximate surface area is 137 Å². The van der Waals surface area contributed by atoms with Crippen molar-refractivity contribution in [2.75, 3.05) is 17.2 Å². The summed E-state index contributed by atoms with van der Waals surface area (Å²) in [4.78, 5) is 15.1. The standard InChI is InChI=1S/C17H15FN2O2S/c18-15-8-11(1-2-13(15)17(21)22)14-7-12(9-20-16(14)19)10-3-5-23-6-4-10/h1-3,7-9H,4-6H2,(H2,19,20)(H,21,22). The van der Waals surface area contributed by atoms with Crippen molar-refractivity contribution in [2.24, 2.45) is 0 Å².